The highest BCUT2D eigenvalue weighted by Gasteiger charge is 2.77. The third-order valence-electron chi connectivity index (χ3n) is 3.49. The first-order valence-electron chi connectivity index (χ1n) is 4.71. The van der Waals surface area contributed by atoms with Crippen molar-refractivity contribution in [1.82, 2.24) is 5.32 Å². The maximum Gasteiger partial charge on any atom is 0.0321 e. The van der Waals surface area contributed by atoms with Crippen molar-refractivity contribution >= 4 is 0 Å². The van der Waals surface area contributed by atoms with Gasteiger partial charge in [0.25, 0.3) is 0 Å². The highest BCUT2D eigenvalue weighted by atomic mass is 15.0. The van der Waals surface area contributed by atoms with Crippen LogP contribution in [0.15, 0.2) is 11.1 Å². The Morgan fingerprint density at radius 1 is 1.55 bits per heavy atom. The summed E-state index contributed by atoms with van der Waals surface area (Å²) in [6.07, 6.45) is 2.82. The first kappa shape index (κ1) is 6.24. The van der Waals surface area contributed by atoms with Crippen LogP contribution in [0.3, 0.4) is 0 Å². The Hall–Kier alpha value is -0.300. The molecule has 2 fully saturated rings. The van der Waals surface area contributed by atoms with Crippen LogP contribution in [0, 0.1) is 11.3 Å². The third kappa shape index (κ3) is 0.572. The molecule has 0 amide bonds. The van der Waals surface area contributed by atoms with Crippen LogP contribution in [0.1, 0.15) is 26.7 Å². The molecule has 3 aliphatic carbocycles. The number of rotatable bonds is 3. The van der Waals surface area contributed by atoms with Gasteiger partial charge in [0, 0.05) is 11.5 Å². The summed E-state index contributed by atoms with van der Waals surface area (Å²) in [5.41, 5.74) is 4.37. The molecule has 2 unspecified atom stereocenters. The average Bonchev–Trinajstić information content (AvgIpc) is 2.72. The summed E-state index contributed by atoms with van der Waals surface area (Å²) in [4.78, 5) is 0. The Labute approximate surface area is 67.9 Å². The predicted octanol–water partition coefficient (Wildman–Crippen LogP) is 1.70. The summed E-state index contributed by atoms with van der Waals surface area (Å²) in [7, 11) is 0. The Morgan fingerprint density at radius 3 is 2.73 bits per heavy atom. The van der Waals surface area contributed by atoms with Crippen LogP contribution >= 0.6 is 0 Å². The second kappa shape index (κ2) is 1.56. The van der Waals surface area contributed by atoms with E-state index in [4.69, 9.17) is 0 Å². The topological polar surface area (TPSA) is 12.0 Å². The van der Waals surface area contributed by atoms with Crippen LogP contribution in [-0.4, -0.2) is 12.6 Å². The summed E-state index contributed by atoms with van der Waals surface area (Å²) in [6.45, 7) is 5.75. The van der Waals surface area contributed by atoms with Crippen molar-refractivity contribution in [3.05, 3.63) is 11.1 Å². The van der Waals surface area contributed by atoms with Crippen LogP contribution in [0.5, 0.6) is 0 Å². The van der Waals surface area contributed by atoms with Crippen LogP contribution in [0.2, 0.25) is 0 Å². The lowest BCUT2D eigenvalue weighted by molar-refractivity contribution is 0.320. The van der Waals surface area contributed by atoms with E-state index in [1.807, 2.05) is 11.1 Å². The van der Waals surface area contributed by atoms with E-state index in [1.54, 1.807) is 0 Å². The van der Waals surface area contributed by atoms with E-state index >= 15 is 0 Å². The van der Waals surface area contributed by atoms with Gasteiger partial charge in [-0.05, 0) is 25.3 Å². The van der Waals surface area contributed by atoms with Gasteiger partial charge in [0.2, 0.25) is 0 Å². The molecule has 0 aromatic rings. The Morgan fingerprint density at radius 2 is 2.36 bits per heavy atom. The van der Waals surface area contributed by atoms with Gasteiger partial charge in [-0.1, -0.05) is 25.0 Å². The summed E-state index contributed by atoms with van der Waals surface area (Å²) < 4.78 is 0. The second-order valence-corrected chi connectivity index (χ2v) is 4.66. The van der Waals surface area contributed by atoms with Gasteiger partial charge >= 0.3 is 0 Å². The Bertz CT molecular complexity index is 244. The molecule has 1 N–H and O–H groups in total. The zero-order valence-corrected chi connectivity index (χ0v) is 7.28. The van der Waals surface area contributed by atoms with Gasteiger partial charge < -0.3 is 5.32 Å². The van der Waals surface area contributed by atoms with Gasteiger partial charge in [0.1, 0.15) is 0 Å². The molecular formula is C10H15N. The highest BCUT2D eigenvalue weighted by molar-refractivity contribution is 5.72. The van der Waals surface area contributed by atoms with Gasteiger partial charge in [-0.3, -0.25) is 0 Å². The summed E-state index contributed by atoms with van der Waals surface area (Å²) in [5.74, 6) is 0.802. The molecule has 0 aliphatic heterocycles. The van der Waals surface area contributed by atoms with Crippen molar-refractivity contribution in [2.45, 2.75) is 32.7 Å². The molecule has 0 aromatic carbocycles. The normalized spacial score (nSPS) is 43.4. The number of hydrogen-bond acceptors (Lipinski definition) is 1. The van der Waals surface area contributed by atoms with Crippen molar-refractivity contribution in [1.29, 1.82) is 0 Å². The van der Waals surface area contributed by atoms with Crippen molar-refractivity contribution < 1.29 is 0 Å². The number of hydrogen-bond donors (Lipinski definition) is 1. The first-order valence-corrected chi connectivity index (χ1v) is 4.71. The zero-order valence-electron chi connectivity index (χ0n) is 7.28. The lowest BCUT2D eigenvalue weighted by atomic mass is 9.81. The van der Waals surface area contributed by atoms with E-state index < -0.39 is 0 Å². The monoisotopic (exact) mass is 149 g/mol. The highest BCUT2D eigenvalue weighted by Crippen LogP contribution is 2.84. The maximum atomic E-state index is 3.65. The van der Waals surface area contributed by atoms with Crippen molar-refractivity contribution in [3.63, 3.8) is 0 Å². The first-order chi connectivity index (χ1) is 5.25. The summed E-state index contributed by atoms with van der Waals surface area (Å²) in [5, 5.41) is 3.65. The zero-order chi connectivity index (χ0) is 7.64. The quantitative estimate of drug-likeness (QED) is 0.602. The van der Waals surface area contributed by atoms with Crippen LogP contribution in [0.4, 0.5) is 0 Å². The molecular weight excluding hydrogens is 134 g/mol. The molecule has 0 heterocycles. The fraction of sp³-hybridized carbons (Fsp3) is 0.800. The van der Waals surface area contributed by atoms with E-state index in [0.717, 1.165) is 17.4 Å². The fourth-order valence-corrected chi connectivity index (χ4v) is 2.52. The number of nitrogens with one attached hydrogen (secondary N) is 1. The summed E-state index contributed by atoms with van der Waals surface area (Å²) in [6, 6.07) is 0.856. The van der Waals surface area contributed by atoms with E-state index in [0.29, 0.717) is 0 Å². The molecule has 11 heavy (non-hydrogen) atoms. The lowest BCUT2D eigenvalue weighted by Gasteiger charge is -2.33. The van der Waals surface area contributed by atoms with Crippen LogP contribution in [0.25, 0.3) is 0 Å². The molecule has 0 radical (unpaired) electrons. The molecule has 2 saturated carbocycles. The van der Waals surface area contributed by atoms with Crippen LogP contribution in [-0.2, 0) is 0 Å². The third-order valence-corrected chi connectivity index (χ3v) is 3.49. The molecule has 0 aromatic heterocycles. The SMILES string of the molecule is CC(C)CNC1CC2=C3CC231. The standard InChI is InChI=1S/C10H15N/c1-6(2)5-11-9-3-7-8-4-10(7,8)9/h6,9,11H,3-5H2,1-2H3. The lowest BCUT2D eigenvalue weighted by Crippen LogP contribution is -2.43. The largest absolute Gasteiger partial charge is 0.312 e. The molecule has 0 bridgehead atoms. The van der Waals surface area contributed by atoms with E-state index in [2.05, 4.69) is 19.2 Å². The molecule has 60 valence electrons. The predicted molar refractivity (Wildman–Crippen MR) is 45.3 cm³/mol. The summed E-state index contributed by atoms with van der Waals surface area (Å²) >= 11 is 0. The van der Waals surface area contributed by atoms with E-state index in [-0.39, 0.29) is 0 Å². The fourth-order valence-electron chi connectivity index (χ4n) is 2.52. The molecule has 2 atom stereocenters. The minimum absolute atomic E-state index is 0.731. The Kier molecular flexibility index (Phi) is 0.885. The van der Waals surface area contributed by atoms with Gasteiger partial charge in [0.15, 0.2) is 0 Å². The van der Waals surface area contributed by atoms with Crippen molar-refractivity contribution in [3.8, 4) is 0 Å². The molecule has 0 saturated heterocycles. The van der Waals surface area contributed by atoms with Gasteiger partial charge in [-0.15, -0.1) is 0 Å². The smallest absolute Gasteiger partial charge is 0.0321 e. The van der Waals surface area contributed by atoms with Gasteiger partial charge in [-0.25, -0.2) is 0 Å². The molecule has 1 spiro atoms. The van der Waals surface area contributed by atoms with E-state index in [1.165, 1.54) is 19.4 Å². The maximum absolute atomic E-state index is 3.65. The Balaban J connectivity index is 1.53. The van der Waals surface area contributed by atoms with Crippen molar-refractivity contribution in [2.75, 3.05) is 6.54 Å². The molecule has 3 rings (SSSR count). The van der Waals surface area contributed by atoms with Gasteiger partial charge in [0.05, 0.1) is 0 Å². The van der Waals surface area contributed by atoms with Crippen LogP contribution < -0.4 is 5.32 Å². The van der Waals surface area contributed by atoms with Crippen molar-refractivity contribution in [2.24, 2.45) is 11.3 Å². The average molecular weight is 149 g/mol. The minimum Gasteiger partial charge on any atom is -0.312 e. The molecule has 1 heteroatoms. The second-order valence-electron chi connectivity index (χ2n) is 4.66. The van der Waals surface area contributed by atoms with E-state index in [9.17, 15) is 0 Å². The minimum atomic E-state index is 0.731. The molecule has 3 aliphatic rings. The van der Waals surface area contributed by atoms with Gasteiger partial charge in [-0.2, -0.15) is 0 Å². The molecule has 1 nitrogen and oxygen atoms in total.